The zero-order chi connectivity index (χ0) is 18.7. The average molecular weight is 354 g/mol. The molecule has 0 bridgehead atoms. The number of para-hydroxylation sites is 2. The fourth-order valence-corrected chi connectivity index (χ4v) is 3.27. The largest absolute Gasteiger partial charge is 0.362 e. The predicted octanol–water partition coefficient (Wildman–Crippen LogP) is 2.12. The van der Waals surface area contributed by atoms with Gasteiger partial charge < -0.3 is 15.5 Å². The average Bonchev–Trinajstić information content (AvgIpc) is 2.68. The lowest BCUT2D eigenvalue weighted by atomic mass is 9.91. The Labute approximate surface area is 152 Å². The Hall–Kier alpha value is -2.93. The number of amides is 1. The zero-order valence-electron chi connectivity index (χ0n) is 14.7. The number of anilines is 1. The molecule has 0 aliphatic carbocycles. The number of nitrogens with zero attached hydrogens (tertiary/aromatic N) is 3. The Balaban J connectivity index is 1.71. The second-order valence-electron chi connectivity index (χ2n) is 6.59. The van der Waals surface area contributed by atoms with Crippen LogP contribution in [0.4, 0.5) is 11.4 Å². The SMILES string of the molecule is CC(N)(C(=O)N1CCN(c2ccccc2[N+](=O)[O-])CC1)c1ccccc1. The predicted molar refractivity (Wildman–Crippen MR) is 99.9 cm³/mol. The van der Waals surface area contributed by atoms with Gasteiger partial charge >= 0.3 is 0 Å². The van der Waals surface area contributed by atoms with Crippen LogP contribution in [0.5, 0.6) is 0 Å². The molecule has 26 heavy (non-hydrogen) atoms. The number of rotatable bonds is 4. The minimum atomic E-state index is -1.10. The van der Waals surface area contributed by atoms with E-state index >= 15 is 0 Å². The monoisotopic (exact) mass is 354 g/mol. The van der Waals surface area contributed by atoms with Crippen molar-refractivity contribution in [3.05, 3.63) is 70.3 Å². The topological polar surface area (TPSA) is 92.7 Å². The van der Waals surface area contributed by atoms with E-state index in [1.54, 1.807) is 30.0 Å². The highest BCUT2D eigenvalue weighted by molar-refractivity contribution is 5.87. The summed E-state index contributed by atoms with van der Waals surface area (Å²) in [7, 11) is 0. The van der Waals surface area contributed by atoms with Gasteiger partial charge in [-0.15, -0.1) is 0 Å². The van der Waals surface area contributed by atoms with Crippen molar-refractivity contribution in [2.24, 2.45) is 5.73 Å². The van der Waals surface area contributed by atoms with E-state index in [2.05, 4.69) is 0 Å². The molecule has 0 saturated carbocycles. The lowest BCUT2D eigenvalue weighted by Crippen LogP contribution is -2.56. The van der Waals surface area contributed by atoms with E-state index in [-0.39, 0.29) is 16.5 Å². The third kappa shape index (κ3) is 3.39. The summed E-state index contributed by atoms with van der Waals surface area (Å²) in [6.45, 7) is 3.73. The summed E-state index contributed by atoms with van der Waals surface area (Å²) < 4.78 is 0. The highest BCUT2D eigenvalue weighted by atomic mass is 16.6. The van der Waals surface area contributed by atoms with Gasteiger partial charge in [0.2, 0.25) is 5.91 Å². The molecular weight excluding hydrogens is 332 g/mol. The van der Waals surface area contributed by atoms with Crippen LogP contribution >= 0.6 is 0 Å². The summed E-state index contributed by atoms with van der Waals surface area (Å²) in [6, 6.07) is 16.0. The first kappa shape index (κ1) is 17.9. The number of nitrogens with two attached hydrogens (primary N) is 1. The van der Waals surface area contributed by atoms with E-state index in [1.165, 1.54) is 6.07 Å². The summed E-state index contributed by atoms with van der Waals surface area (Å²) in [5, 5.41) is 11.2. The molecule has 2 aromatic rings. The Morgan fingerprint density at radius 2 is 1.62 bits per heavy atom. The fraction of sp³-hybridized carbons (Fsp3) is 0.316. The van der Waals surface area contributed by atoms with Gasteiger partial charge in [0.25, 0.3) is 5.69 Å². The van der Waals surface area contributed by atoms with Crippen molar-refractivity contribution in [1.82, 2.24) is 4.90 Å². The molecule has 7 heteroatoms. The second-order valence-corrected chi connectivity index (χ2v) is 6.59. The van der Waals surface area contributed by atoms with Gasteiger partial charge in [-0.1, -0.05) is 42.5 Å². The number of hydrogen-bond donors (Lipinski definition) is 1. The minimum absolute atomic E-state index is 0.0835. The van der Waals surface area contributed by atoms with Crippen molar-refractivity contribution in [1.29, 1.82) is 0 Å². The smallest absolute Gasteiger partial charge is 0.292 e. The highest BCUT2D eigenvalue weighted by Gasteiger charge is 2.36. The van der Waals surface area contributed by atoms with Gasteiger partial charge in [-0.2, -0.15) is 0 Å². The maximum atomic E-state index is 12.9. The van der Waals surface area contributed by atoms with Crippen LogP contribution in [0.3, 0.4) is 0 Å². The molecule has 2 N–H and O–H groups in total. The molecule has 1 fully saturated rings. The van der Waals surface area contributed by atoms with Crippen molar-refractivity contribution < 1.29 is 9.72 Å². The van der Waals surface area contributed by atoms with Crippen molar-refractivity contribution in [3.8, 4) is 0 Å². The van der Waals surface area contributed by atoms with E-state index in [0.29, 0.717) is 31.9 Å². The van der Waals surface area contributed by atoms with E-state index < -0.39 is 5.54 Å². The number of carbonyl (C=O) groups is 1. The standard InChI is InChI=1S/C19H22N4O3/c1-19(20,15-7-3-2-4-8-15)18(24)22-13-11-21(12-14-22)16-9-5-6-10-17(16)23(25)26/h2-10H,11-14,20H2,1H3. The van der Waals surface area contributed by atoms with Gasteiger partial charge in [-0.3, -0.25) is 14.9 Å². The molecule has 1 unspecified atom stereocenters. The van der Waals surface area contributed by atoms with Crippen LogP contribution in [0.15, 0.2) is 54.6 Å². The van der Waals surface area contributed by atoms with Crippen LogP contribution in [-0.2, 0) is 10.3 Å². The molecule has 1 heterocycles. The first-order valence-electron chi connectivity index (χ1n) is 8.53. The first-order chi connectivity index (χ1) is 12.4. The van der Waals surface area contributed by atoms with Crippen LogP contribution in [0.25, 0.3) is 0 Å². The third-order valence-corrected chi connectivity index (χ3v) is 4.80. The Morgan fingerprint density at radius 1 is 1.04 bits per heavy atom. The van der Waals surface area contributed by atoms with E-state index in [0.717, 1.165) is 5.56 Å². The molecule has 0 radical (unpaired) electrons. The number of piperazine rings is 1. The van der Waals surface area contributed by atoms with Crippen LogP contribution in [-0.4, -0.2) is 41.9 Å². The van der Waals surface area contributed by atoms with Crippen LogP contribution in [0.2, 0.25) is 0 Å². The molecule has 1 saturated heterocycles. The second kappa shape index (κ2) is 7.13. The Morgan fingerprint density at radius 3 is 2.23 bits per heavy atom. The van der Waals surface area contributed by atoms with Crippen molar-refractivity contribution in [3.63, 3.8) is 0 Å². The van der Waals surface area contributed by atoms with Crippen molar-refractivity contribution in [2.45, 2.75) is 12.5 Å². The molecule has 0 aromatic heterocycles. The third-order valence-electron chi connectivity index (χ3n) is 4.80. The minimum Gasteiger partial charge on any atom is -0.362 e. The number of nitro groups is 1. The molecule has 2 aromatic carbocycles. The molecule has 7 nitrogen and oxygen atoms in total. The van der Waals surface area contributed by atoms with Crippen LogP contribution in [0, 0.1) is 10.1 Å². The number of hydrogen-bond acceptors (Lipinski definition) is 5. The van der Waals surface area contributed by atoms with Gasteiger partial charge in [0.15, 0.2) is 0 Å². The van der Waals surface area contributed by atoms with Crippen molar-refractivity contribution in [2.75, 3.05) is 31.1 Å². The molecule has 0 spiro atoms. The Kier molecular flexibility index (Phi) is 4.90. The van der Waals surface area contributed by atoms with Gasteiger partial charge in [-0.25, -0.2) is 0 Å². The van der Waals surface area contributed by atoms with Crippen LogP contribution in [0.1, 0.15) is 12.5 Å². The van der Waals surface area contributed by atoms with Gasteiger partial charge in [0.1, 0.15) is 11.2 Å². The highest BCUT2D eigenvalue weighted by Crippen LogP contribution is 2.29. The number of nitro benzene ring substituents is 1. The number of carbonyl (C=O) groups excluding carboxylic acids is 1. The van der Waals surface area contributed by atoms with Gasteiger partial charge in [-0.05, 0) is 18.6 Å². The van der Waals surface area contributed by atoms with E-state index in [4.69, 9.17) is 5.73 Å². The van der Waals surface area contributed by atoms with E-state index in [9.17, 15) is 14.9 Å². The quantitative estimate of drug-likeness (QED) is 0.670. The summed E-state index contributed by atoms with van der Waals surface area (Å²) in [6.07, 6.45) is 0. The fourth-order valence-electron chi connectivity index (χ4n) is 3.27. The summed E-state index contributed by atoms with van der Waals surface area (Å²) >= 11 is 0. The molecular formula is C19H22N4O3. The molecule has 1 atom stereocenters. The maximum absolute atomic E-state index is 12.9. The van der Waals surface area contributed by atoms with Crippen LogP contribution < -0.4 is 10.6 Å². The normalized spacial score (nSPS) is 16.8. The molecule has 1 aliphatic heterocycles. The lowest BCUT2D eigenvalue weighted by molar-refractivity contribution is -0.384. The summed E-state index contributed by atoms with van der Waals surface area (Å²) in [4.78, 5) is 27.4. The molecule has 136 valence electrons. The molecule has 1 amide bonds. The summed E-state index contributed by atoms with van der Waals surface area (Å²) in [5.41, 5.74) is 6.67. The molecule has 3 rings (SSSR count). The first-order valence-corrected chi connectivity index (χ1v) is 8.53. The lowest BCUT2D eigenvalue weighted by Gasteiger charge is -2.39. The van der Waals surface area contributed by atoms with Crippen molar-refractivity contribution >= 4 is 17.3 Å². The number of benzene rings is 2. The van der Waals surface area contributed by atoms with Gasteiger partial charge in [0, 0.05) is 32.2 Å². The summed E-state index contributed by atoms with van der Waals surface area (Å²) in [5.74, 6) is -0.133. The van der Waals surface area contributed by atoms with Gasteiger partial charge in [0.05, 0.1) is 4.92 Å². The maximum Gasteiger partial charge on any atom is 0.292 e. The molecule has 1 aliphatic rings. The zero-order valence-corrected chi connectivity index (χ0v) is 14.7. The van der Waals surface area contributed by atoms with E-state index in [1.807, 2.05) is 35.2 Å². The Bertz CT molecular complexity index is 799.